The lowest BCUT2D eigenvalue weighted by Crippen LogP contribution is -2.48. The average molecular weight is 383 g/mol. The third kappa shape index (κ3) is 4.38. The summed E-state index contributed by atoms with van der Waals surface area (Å²) in [5.41, 5.74) is 1.46. The minimum Gasteiger partial charge on any atom is -0.495 e. The molecule has 0 aromatic heterocycles. The lowest BCUT2D eigenvalue weighted by molar-refractivity contribution is -0.129. The molecule has 0 saturated carbocycles. The highest BCUT2D eigenvalue weighted by Crippen LogP contribution is 2.31. The lowest BCUT2D eigenvalue weighted by Gasteiger charge is -2.33. The molecule has 0 aliphatic carbocycles. The maximum absolute atomic E-state index is 13.1. The van der Waals surface area contributed by atoms with Crippen LogP contribution < -0.4 is 10.1 Å². The zero-order valence-corrected chi connectivity index (χ0v) is 17.4. The Hall–Kier alpha value is -1.60. The van der Waals surface area contributed by atoms with Crippen molar-refractivity contribution in [1.82, 2.24) is 9.62 Å². The Labute approximate surface area is 157 Å². The van der Waals surface area contributed by atoms with Crippen molar-refractivity contribution >= 4 is 15.9 Å². The first-order valence-corrected chi connectivity index (χ1v) is 10.4. The maximum Gasteiger partial charge on any atom is 0.246 e. The summed E-state index contributed by atoms with van der Waals surface area (Å²) in [6.07, 6.45) is 1.21. The summed E-state index contributed by atoms with van der Waals surface area (Å²) in [6, 6.07) is 3.45. The molecule has 1 aliphatic heterocycles. The molecule has 0 unspecified atom stereocenters. The third-order valence-corrected chi connectivity index (χ3v) is 6.79. The first kappa shape index (κ1) is 20.7. The van der Waals surface area contributed by atoms with Crippen LogP contribution >= 0.6 is 0 Å². The van der Waals surface area contributed by atoms with Crippen LogP contribution in [0.2, 0.25) is 0 Å². The van der Waals surface area contributed by atoms with Gasteiger partial charge in [-0.25, -0.2) is 8.42 Å². The summed E-state index contributed by atoms with van der Waals surface area (Å²) >= 11 is 0. The minimum atomic E-state index is -3.63. The molecule has 0 radical (unpaired) electrons. The molecular weight excluding hydrogens is 352 g/mol. The second-order valence-corrected chi connectivity index (χ2v) is 9.90. The SMILES string of the molecule is COc1cc(C)c(C)cc1S(=O)(=O)N1CCC(NC(=O)C(C)(C)C)CC1. The van der Waals surface area contributed by atoms with E-state index in [0.717, 1.165) is 11.1 Å². The van der Waals surface area contributed by atoms with Crippen LogP contribution in [0.3, 0.4) is 0 Å². The van der Waals surface area contributed by atoms with E-state index in [9.17, 15) is 13.2 Å². The van der Waals surface area contributed by atoms with Gasteiger partial charge >= 0.3 is 0 Å². The van der Waals surface area contributed by atoms with Gasteiger partial charge in [-0.3, -0.25) is 4.79 Å². The number of piperidine rings is 1. The van der Waals surface area contributed by atoms with Crippen molar-refractivity contribution in [2.75, 3.05) is 20.2 Å². The molecule has 1 N–H and O–H groups in total. The van der Waals surface area contributed by atoms with Gasteiger partial charge in [0, 0.05) is 24.5 Å². The highest BCUT2D eigenvalue weighted by Gasteiger charge is 2.33. The number of benzene rings is 1. The molecule has 0 bridgehead atoms. The van der Waals surface area contributed by atoms with Gasteiger partial charge in [0.25, 0.3) is 0 Å². The largest absolute Gasteiger partial charge is 0.495 e. The van der Waals surface area contributed by atoms with Crippen molar-refractivity contribution in [3.8, 4) is 5.75 Å². The van der Waals surface area contributed by atoms with Crippen molar-refractivity contribution in [2.24, 2.45) is 5.41 Å². The van der Waals surface area contributed by atoms with Crippen LogP contribution in [-0.4, -0.2) is 44.9 Å². The third-order valence-electron chi connectivity index (χ3n) is 4.87. The molecular formula is C19H30N2O4S. The van der Waals surface area contributed by atoms with Crippen molar-refractivity contribution in [2.45, 2.75) is 58.4 Å². The molecule has 7 heteroatoms. The minimum absolute atomic E-state index is 0.00497. The van der Waals surface area contributed by atoms with Crippen LogP contribution in [0.1, 0.15) is 44.7 Å². The van der Waals surface area contributed by atoms with Crippen LogP contribution in [0.25, 0.3) is 0 Å². The monoisotopic (exact) mass is 382 g/mol. The van der Waals surface area contributed by atoms with Crippen molar-refractivity contribution in [3.05, 3.63) is 23.3 Å². The molecule has 6 nitrogen and oxygen atoms in total. The summed E-state index contributed by atoms with van der Waals surface area (Å²) in [5.74, 6) is 0.367. The van der Waals surface area contributed by atoms with E-state index < -0.39 is 15.4 Å². The number of rotatable bonds is 4. The van der Waals surface area contributed by atoms with Gasteiger partial charge in [-0.15, -0.1) is 0 Å². The number of aryl methyl sites for hydroxylation is 2. The van der Waals surface area contributed by atoms with Crippen LogP contribution in [0, 0.1) is 19.3 Å². The number of nitrogens with zero attached hydrogens (tertiary/aromatic N) is 1. The van der Waals surface area contributed by atoms with Crippen LogP contribution in [0.5, 0.6) is 5.75 Å². The maximum atomic E-state index is 13.1. The van der Waals surface area contributed by atoms with Gasteiger partial charge in [-0.2, -0.15) is 4.31 Å². The second-order valence-electron chi connectivity index (χ2n) is 7.99. The number of carbonyl (C=O) groups is 1. The zero-order chi connectivity index (χ0) is 19.7. The average Bonchev–Trinajstić information content (AvgIpc) is 2.56. The Bertz CT molecular complexity index is 773. The van der Waals surface area contributed by atoms with Crippen LogP contribution in [-0.2, 0) is 14.8 Å². The van der Waals surface area contributed by atoms with Crippen molar-refractivity contribution < 1.29 is 17.9 Å². The lowest BCUT2D eigenvalue weighted by atomic mass is 9.94. The molecule has 1 saturated heterocycles. The first-order chi connectivity index (χ1) is 12.0. The van der Waals surface area contributed by atoms with E-state index in [2.05, 4.69) is 5.32 Å². The summed E-state index contributed by atoms with van der Waals surface area (Å²) in [4.78, 5) is 12.3. The number of sulfonamides is 1. The number of hydrogen-bond donors (Lipinski definition) is 1. The van der Waals surface area contributed by atoms with E-state index in [1.165, 1.54) is 11.4 Å². The second kappa shape index (κ2) is 7.56. The van der Waals surface area contributed by atoms with E-state index in [0.29, 0.717) is 31.7 Å². The first-order valence-electron chi connectivity index (χ1n) is 8.93. The Morgan fingerprint density at radius 3 is 2.19 bits per heavy atom. The highest BCUT2D eigenvalue weighted by molar-refractivity contribution is 7.89. The van der Waals surface area contributed by atoms with Crippen molar-refractivity contribution in [3.63, 3.8) is 0 Å². The number of methoxy groups -OCH3 is 1. The van der Waals surface area contributed by atoms with E-state index in [-0.39, 0.29) is 16.8 Å². The fraction of sp³-hybridized carbons (Fsp3) is 0.632. The number of amides is 1. The quantitative estimate of drug-likeness (QED) is 0.869. The van der Waals surface area contributed by atoms with E-state index in [1.807, 2.05) is 34.6 Å². The predicted octanol–water partition coefficient (Wildman–Crippen LogP) is 2.63. The molecule has 0 spiro atoms. The summed E-state index contributed by atoms with van der Waals surface area (Å²) in [6.45, 7) is 10.2. The topological polar surface area (TPSA) is 75.7 Å². The summed E-state index contributed by atoms with van der Waals surface area (Å²) in [7, 11) is -2.15. The zero-order valence-electron chi connectivity index (χ0n) is 16.5. The molecule has 1 aliphatic rings. The van der Waals surface area contributed by atoms with Gasteiger partial charge in [0.1, 0.15) is 10.6 Å². The van der Waals surface area contributed by atoms with Gasteiger partial charge in [0.15, 0.2) is 0 Å². The molecule has 1 aromatic carbocycles. The Kier molecular flexibility index (Phi) is 6.02. The summed E-state index contributed by atoms with van der Waals surface area (Å²) in [5, 5.41) is 3.02. The summed E-state index contributed by atoms with van der Waals surface area (Å²) < 4.78 is 32.9. The number of hydrogen-bond acceptors (Lipinski definition) is 4. The van der Waals surface area contributed by atoms with Gasteiger partial charge < -0.3 is 10.1 Å². The Balaban J connectivity index is 2.14. The number of nitrogens with one attached hydrogen (secondary N) is 1. The standard InChI is InChI=1S/C19H30N2O4S/c1-13-11-16(25-6)17(12-14(13)2)26(23,24)21-9-7-15(8-10-21)20-18(22)19(3,4)5/h11-12,15H,7-10H2,1-6H3,(H,20,22). The van der Waals surface area contributed by atoms with Crippen LogP contribution in [0.4, 0.5) is 0 Å². The fourth-order valence-electron chi connectivity index (χ4n) is 2.91. The van der Waals surface area contributed by atoms with Crippen LogP contribution in [0.15, 0.2) is 17.0 Å². The van der Waals surface area contributed by atoms with Crippen molar-refractivity contribution in [1.29, 1.82) is 0 Å². The predicted molar refractivity (Wildman–Crippen MR) is 102 cm³/mol. The van der Waals surface area contributed by atoms with Gasteiger partial charge in [-0.1, -0.05) is 20.8 Å². The molecule has 26 heavy (non-hydrogen) atoms. The van der Waals surface area contributed by atoms with Gasteiger partial charge in [0.05, 0.1) is 7.11 Å². The van der Waals surface area contributed by atoms with E-state index in [4.69, 9.17) is 4.74 Å². The molecule has 2 rings (SSSR count). The highest BCUT2D eigenvalue weighted by atomic mass is 32.2. The Morgan fingerprint density at radius 2 is 1.69 bits per heavy atom. The molecule has 0 atom stereocenters. The molecule has 1 aromatic rings. The molecule has 146 valence electrons. The smallest absolute Gasteiger partial charge is 0.246 e. The van der Waals surface area contributed by atoms with E-state index in [1.54, 1.807) is 12.1 Å². The number of ether oxygens (including phenoxy) is 1. The van der Waals surface area contributed by atoms with Gasteiger partial charge in [0.2, 0.25) is 15.9 Å². The molecule has 1 heterocycles. The van der Waals surface area contributed by atoms with E-state index >= 15 is 0 Å². The molecule has 1 fully saturated rings. The normalized spacial score (nSPS) is 17.2. The Morgan fingerprint density at radius 1 is 1.15 bits per heavy atom. The number of carbonyl (C=O) groups excluding carboxylic acids is 1. The fourth-order valence-corrected chi connectivity index (χ4v) is 4.60. The van der Waals surface area contributed by atoms with Gasteiger partial charge in [-0.05, 0) is 49.9 Å². The molecule has 1 amide bonds.